The first kappa shape index (κ1) is 19.4. The zero-order valence-electron chi connectivity index (χ0n) is 13.2. The Morgan fingerprint density at radius 3 is 2.38 bits per heavy atom. The summed E-state index contributed by atoms with van der Waals surface area (Å²) in [6.07, 6.45) is 1.10. The van der Waals surface area contributed by atoms with Crippen molar-refractivity contribution in [3.05, 3.63) is 0 Å². The monoisotopic (exact) mass is 302 g/mol. The van der Waals surface area contributed by atoms with Crippen molar-refractivity contribution in [1.82, 2.24) is 10.2 Å². The molecule has 0 heterocycles. The molecule has 122 valence electrons. The van der Waals surface area contributed by atoms with Crippen LogP contribution in [0.2, 0.25) is 0 Å². The lowest BCUT2D eigenvalue weighted by atomic mass is 10.2. The molecule has 0 aliphatic heterocycles. The van der Waals surface area contributed by atoms with Gasteiger partial charge in [0.1, 0.15) is 12.1 Å². The molecule has 0 rings (SSSR count). The molecule has 2 amide bonds. The molecular formula is C14H26N2O5. The number of hydrogen-bond acceptors (Lipinski definition) is 4. The maximum Gasteiger partial charge on any atom is 0.326 e. The lowest BCUT2D eigenvalue weighted by Crippen LogP contribution is -2.50. The van der Waals surface area contributed by atoms with E-state index in [0.29, 0.717) is 6.61 Å². The molecule has 0 aromatic rings. The number of nitrogens with one attached hydrogen (secondary N) is 1. The SMILES string of the molecule is CCCCOC(C)C(=O)N(CCNC(C)=O)C(C)C(=O)O. The molecule has 0 spiro atoms. The number of rotatable bonds is 10. The molecule has 2 unspecified atom stereocenters. The van der Waals surface area contributed by atoms with Crippen molar-refractivity contribution >= 4 is 17.8 Å². The van der Waals surface area contributed by atoms with Crippen molar-refractivity contribution < 1.29 is 24.2 Å². The summed E-state index contributed by atoms with van der Waals surface area (Å²) in [5.74, 6) is -1.70. The molecule has 2 N–H and O–H groups in total. The zero-order valence-corrected chi connectivity index (χ0v) is 13.2. The summed E-state index contributed by atoms with van der Waals surface area (Å²) in [6, 6.07) is -0.969. The molecule has 0 fully saturated rings. The molecule has 0 aromatic heterocycles. The van der Waals surface area contributed by atoms with Gasteiger partial charge in [-0.05, 0) is 20.3 Å². The summed E-state index contributed by atoms with van der Waals surface area (Å²) in [5, 5.41) is 11.6. The molecule has 0 aliphatic carbocycles. The summed E-state index contributed by atoms with van der Waals surface area (Å²) in [5.41, 5.74) is 0. The molecule has 0 aliphatic rings. The van der Waals surface area contributed by atoms with Crippen LogP contribution in [0, 0.1) is 0 Å². The fraction of sp³-hybridized carbons (Fsp3) is 0.786. The van der Waals surface area contributed by atoms with Crippen LogP contribution in [0.4, 0.5) is 0 Å². The van der Waals surface area contributed by atoms with E-state index in [0.717, 1.165) is 12.8 Å². The van der Waals surface area contributed by atoms with Crippen molar-refractivity contribution in [3.63, 3.8) is 0 Å². The molecule has 0 radical (unpaired) electrons. The van der Waals surface area contributed by atoms with Crippen LogP contribution in [0.3, 0.4) is 0 Å². The van der Waals surface area contributed by atoms with Crippen molar-refractivity contribution in [2.75, 3.05) is 19.7 Å². The number of nitrogens with zero attached hydrogens (tertiary/aromatic N) is 1. The molecular weight excluding hydrogens is 276 g/mol. The van der Waals surface area contributed by atoms with Gasteiger partial charge in [0.15, 0.2) is 0 Å². The maximum absolute atomic E-state index is 12.3. The normalized spacial score (nSPS) is 13.3. The second kappa shape index (κ2) is 10.1. The minimum Gasteiger partial charge on any atom is -0.480 e. The Bertz CT molecular complexity index is 359. The zero-order chi connectivity index (χ0) is 16.4. The first-order valence-corrected chi connectivity index (χ1v) is 7.20. The van der Waals surface area contributed by atoms with Gasteiger partial charge in [-0.3, -0.25) is 9.59 Å². The van der Waals surface area contributed by atoms with Gasteiger partial charge in [-0.25, -0.2) is 4.79 Å². The molecule has 0 aromatic carbocycles. The van der Waals surface area contributed by atoms with Gasteiger partial charge >= 0.3 is 5.97 Å². The Hall–Kier alpha value is -1.63. The number of amides is 2. The number of carboxylic acids is 1. The van der Waals surface area contributed by atoms with E-state index in [2.05, 4.69) is 5.32 Å². The van der Waals surface area contributed by atoms with E-state index in [1.54, 1.807) is 6.92 Å². The van der Waals surface area contributed by atoms with Gasteiger partial charge in [0, 0.05) is 26.6 Å². The Kier molecular flexibility index (Phi) is 9.36. The molecule has 0 bridgehead atoms. The van der Waals surface area contributed by atoms with Crippen molar-refractivity contribution in [3.8, 4) is 0 Å². The molecule has 0 saturated heterocycles. The number of carbonyl (C=O) groups excluding carboxylic acids is 2. The van der Waals surface area contributed by atoms with Gasteiger partial charge in [0.05, 0.1) is 0 Å². The summed E-state index contributed by atoms with van der Waals surface area (Å²) >= 11 is 0. The summed E-state index contributed by atoms with van der Waals surface area (Å²) in [4.78, 5) is 35.5. The topological polar surface area (TPSA) is 95.9 Å². The lowest BCUT2D eigenvalue weighted by Gasteiger charge is -2.29. The maximum atomic E-state index is 12.3. The molecule has 7 nitrogen and oxygen atoms in total. The van der Waals surface area contributed by atoms with Gasteiger partial charge in [-0.2, -0.15) is 0 Å². The van der Waals surface area contributed by atoms with Crippen molar-refractivity contribution in [2.45, 2.75) is 52.7 Å². The van der Waals surface area contributed by atoms with Gasteiger partial charge in [0.2, 0.25) is 5.91 Å². The Morgan fingerprint density at radius 2 is 1.90 bits per heavy atom. The summed E-state index contributed by atoms with van der Waals surface area (Å²) in [7, 11) is 0. The Labute approximate surface area is 125 Å². The van der Waals surface area contributed by atoms with E-state index in [1.807, 2.05) is 6.92 Å². The third-order valence-corrected chi connectivity index (χ3v) is 3.05. The van der Waals surface area contributed by atoms with E-state index in [-0.39, 0.29) is 24.9 Å². The summed E-state index contributed by atoms with van der Waals surface area (Å²) < 4.78 is 5.41. The first-order chi connectivity index (χ1) is 9.81. The number of aliphatic carboxylic acids is 1. The van der Waals surface area contributed by atoms with Gasteiger partial charge in [-0.1, -0.05) is 13.3 Å². The third-order valence-electron chi connectivity index (χ3n) is 3.05. The van der Waals surface area contributed by atoms with E-state index in [9.17, 15) is 14.4 Å². The quantitative estimate of drug-likeness (QED) is 0.577. The predicted octanol–water partition coefficient (Wildman–Crippen LogP) is 0.629. The van der Waals surface area contributed by atoms with E-state index < -0.39 is 18.1 Å². The first-order valence-electron chi connectivity index (χ1n) is 7.20. The lowest BCUT2D eigenvalue weighted by molar-refractivity contribution is -0.154. The van der Waals surface area contributed by atoms with Crippen LogP contribution < -0.4 is 5.32 Å². The van der Waals surface area contributed by atoms with Crippen molar-refractivity contribution in [2.24, 2.45) is 0 Å². The molecule has 0 saturated carbocycles. The van der Waals surface area contributed by atoms with Crippen LogP contribution in [0.15, 0.2) is 0 Å². The van der Waals surface area contributed by atoms with Gasteiger partial charge in [-0.15, -0.1) is 0 Å². The summed E-state index contributed by atoms with van der Waals surface area (Å²) in [6.45, 7) is 7.23. The Morgan fingerprint density at radius 1 is 1.29 bits per heavy atom. The van der Waals surface area contributed by atoms with E-state index >= 15 is 0 Å². The average molecular weight is 302 g/mol. The van der Waals surface area contributed by atoms with Crippen LogP contribution in [0.1, 0.15) is 40.5 Å². The predicted molar refractivity (Wildman–Crippen MR) is 77.8 cm³/mol. The fourth-order valence-electron chi connectivity index (χ4n) is 1.69. The number of ether oxygens (including phenoxy) is 1. The highest BCUT2D eigenvalue weighted by atomic mass is 16.5. The van der Waals surface area contributed by atoms with Crippen LogP contribution in [0.5, 0.6) is 0 Å². The smallest absolute Gasteiger partial charge is 0.326 e. The number of carbonyl (C=O) groups is 3. The highest BCUT2D eigenvalue weighted by Gasteiger charge is 2.28. The van der Waals surface area contributed by atoms with Crippen LogP contribution in [-0.2, 0) is 19.1 Å². The molecule has 7 heteroatoms. The van der Waals surface area contributed by atoms with Gasteiger partial charge < -0.3 is 20.1 Å². The Balaban J connectivity index is 4.64. The number of carboxylic acid groups (broad SMARTS) is 1. The van der Waals surface area contributed by atoms with Crippen LogP contribution in [-0.4, -0.2) is 59.6 Å². The third kappa shape index (κ3) is 7.65. The second-order valence-corrected chi connectivity index (χ2v) is 4.90. The average Bonchev–Trinajstić information content (AvgIpc) is 2.42. The minimum absolute atomic E-state index is 0.132. The highest BCUT2D eigenvalue weighted by Crippen LogP contribution is 2.06. The van der Waals surface area contributed by atoms with E-state index in [1.165, 1.54) is 18.7 Å². The van der Waals surface area contributed by atoms with E-state index in [4.69, 9.17) is 9.84 Å². The number of hydrogen-bond donors (Lipinski definition) is 2. The fourth-order valence-corrected chi connectivity index (χ4v) is 1.69. The van der Waals surface area contributed by atoms with Crippen LogP contribution in [0.25, 0.3) is 0 Å². The second-order valence-electron chi connectivity index (χ2n) is 4.90. The minimum atomic E-state index is -1.09. The standard InChI is InChI=1S/C14H26N2O5/c1-5-6-9-21-11(3)13(18)16(10(2)14(19)20)8-7-15-12(4)17/h10-11H,5-9H2,1-4H3,(H,15,17)(H,19,20). The largest absolute Gasteiger partial charge is 0.480 e. The van der Waals surface area contributed by atoms with Crippen LogP contribution >= 0.6 is 0 Å². The molecule has 2 atom stereocenters. The van der Waals surface area contributed by atoms with Gasteiger partial charge in [0.25, 0.3) is 5.91 Å². The number of unbranched alkanes of at least 4 members (excludes halogenated alkanes) is 1. The molecule has 21 heavy (non-hydrogen) atoms. The highest BCUT2D eigenvalue weighted by molar-refractivity contribution is 5.86. The van der Waals surface area contributed by atoms with Crippen molar-refractivity contribution in [1.29, 1.82) is 0 Å².